The molecule has 1 aliphatic rings. The molecule has 0 N–H and O–H groups in total. The van der Waals surface area contributed by atoms with Gasteiger partial charge in [0, 0.05) is 29.1 Å². The third-order valence-corrected chi connectivity index (χ3v) is 4.67. The van der Waals surface area contributed by atoms with Crippen molar-refractivity contribution in [3.63, 3.8) is 0 Å². The number of thioether (sulfide) groups is 1. The molecular formula is C11H16O3S2. The highest BCUT2D eigenvalue weighted by Gasteiger charge is 2.20. The summed E-state index contributed by atoms with van der Waals surface area (Å²) >= 11 is 3.69. The zero-order valence-corrected chi connectivity index (χ0v) is 10.9. The summed E-state index contributed by atoms with van der Waals surface area (Å²) < 4.78 is 15.8. The van der Waals surface area contributed by atoms with E-state index in [0.717, 1.165) is 12.2 Å². The Bertz CT molecular complexity index is 314. The second kappa shape index (κ2) is 6.61. The predicted molar refractivity (Wildman–Crippen MR) is 66.3 cm³/mol. The van der Waals surface area contributed by atoms with Crippen LogP contribution in [0.3, 0.4) is 0 Å². The van der Waals surface area contributed by atoms with Gasteiger partial charge in [-0.25, -0.2) is 0 Å². The third-order valence-electron chi connectivity index (χ3n) is 2.36. The van der Waals surface area contributed by atoms with E-state index in [1.807, 2.05) is 23.1 Å². The summed E-state index contributed by atoms with van der Waals surface area (Å²) in [5.41, 5.74) is 0. The van der Waals surface area contributed by atoms with E-state index in [4.69, 9.17) is 14.2 Å². The summed E-state index contributed by atoms with van der Waals surface area (Å²) in [6.45, 7) is 1.59. The largest absolute Gasteiger partial charge is 0.382 e. The normalized spacial score (nSPS) is 19.7. The maximum atomic E-state index is 5.66. The van der Waals surface area contributed by atoms with Crippen molar-refractivity contribution in [2.45, 2.75) is 17.4 Å². The van der Waals surface area contributed by atoms with Crippen molar-refractivity contribution in [3.8, 4) is 0 Å². The van der Waals surface area contributed by atoms with Crippen LogP contribution in [0, 0.1) is 0 Å². The van der Waals surface area contributed by atoms with Gasteiger partial charge in [-0.3, -0.25) is 0 Å². The lowest BCUT2D eigenvalue weighted by Crippen LogP contribution is -2.23. The quantitative estimate of drug-likeness (QED) is 0.580. The van der Waals surface area contributed by atoms with Gasteiger partial charge in [-0.1, -0.05) is 0 Å². The van der Waals surface area contributed by atoms with Crippen LogP contribution < -0.4 is 0 Å². The van der Waals surface area contributed by atoms with E-state index in [2.05, 4.69) is 11.4 Å². The molecule has 16 heavy (non-hydrogen) atoms. The molecule has 1 aromatic rings. The minimum atomic E-state index is 0.290. The van der Waals surface area contributed by atoms with Gasteiger partial charge < -0.3 is 14.2 Å². The van der Waals surface area contributed by atoms with Crippen LogP contribution in [0.1, 0.15) is 4.88 Å². The topological polar surface area (TPSA) is 27.7 Å². The Balaban J connectivity index is 1.65. The first-order valence-electron chi connectivity index (χ1n) is 5.27. The lowest BCUT2D eigenvalue weighted by Gasteiger charge is -2.21. The van der Waals surface area contributed by atoms with Crippen molar-refractivity contribution in [2.24, 2.45) is 0 Å². The lowest BCUT2D eigenvalue weighted by molar-refractivity contribution is -0.0909. The van der Waals surface area contributed by atoms with Crippen LogP contribution in [0.2, 0.25) is 0 Å². The van der Waals surface area contributed by atoms with Gasteiger partial charge in [0.1, 0.15) is 6.79 Å². The first kappa shape index (κ1) is 12.4. The molecular weight excluding hydrogens is 244 g/mol. The average Bonchev–Trinajstić information content (AvgIpc) is 2.76. The molecule has 1 aromatic heterocycles. The van der Waals surface area contributed by atoms with E-state index in [0.29, 0.717) is 26.1 Å². The van der Waals surface area contributed by atoms with E-state index >= 15 is 0 Å². The fourth-order valence-corrected chi connectivity index (χ4v) is 3.74. The Morgan fingerprint density at radius 1 is 1.44 bits per heavy atom. The maximum absolute atomic E-state index is 5.66. The molecule has 0 aliphatic carbocycles. The summed E-state index contributed by atoms with van der Waals surface area (Å²) in [6, 6.07) is 2.19. The molecule has 1 aliphatic heterocycles. The number of hydrogen-bond acceptors (Lipinski definition) is 5. The first-order chi connectivity index (χ1) is 7.90. The van der Waals surface area contributed by atoms with Crippen molar-refractivity contribution >= 4 is 23.1 Å². The van der Waals surface area contributed by atoms with Crippen LogP contribution in [0.5, 0.6) is 0 Å². The van der Waals surface area contributed by atoms with E-state index in [1.54, 1.807) is 7.11 Å². The van der Waals surface area contributed by atoms with Crippen LogP contribution in [0.4, 0.5) is 0 Å². The van der Waals surface area contributed by atoms with Gasteiger partial charge in [-0.15, -0.1) is 23.1 Å². The van der Waals surface area contributed by atoms with Gasteiger partial charge >= 0.3 is 0 Å². The highest BCUT2D eigenvalue weighted by Crippen LogP contribution is 2.34. The number of fused-ring (bicyclic) bond motifs is 1. The standard InChI is InChI=1S/C11H16O3S2/c1-12-3-4-13-8-14-9-6-11-10(16-7-9)2-5-15-11/h2,5,9H,3-4,6-8H2,1H3. The smallest absolute Gasteiger partial charge is 0.147 e. The molecule has 0 saturated carbocycles. The highest BCUT2D eigenvalue weighted by molar-refractivity contribution is 7.99. The van der Waals surface area contributed by atoms with Crippen LogP contribution in [0.15, 0.2) is 16.3 Å². The Morgan fingerprint density at radius 3 is 3.25 bits per heavy atom. The van der Waals surface area contributed by atoms with Gasteiger partial charge in [-0.05, 0) is 11.4 Å². The molecule has 90 valence electrons. The second-order valence-corrected chi connectivity index (χ2v) is 5.59. The van der Waals surface area contributed by atoms with Gasteiger partial charge in [0.05, 0.1) is 19.3 Å². The molecule has 0 amide bonds. The zero-order chi connectivity index (χ0) is 11.2. The lowest BCUT2D eigenvalue weighted by atomic mass is 10.2. The molecule has 1 unspecified atom stereocenters. The van der Waals surface area contributed by atoms with E-state index in [-0.39, 0.29) is 0 Å². The minimum Gasteiger partial charge on any atom is -0.382 e. The number of ether oxygens (including phenoxy) is 3. The Hall–Kier alpha value is -0.0700. The molecule has 0 saturated heterocycles. The fourth-order valence-electron chi connectivity index (χ4n) is 1.51. The van der Waals surface area contributed by atoms with Crippen LogP contribution >= 0.6 is 23.1 Å². The molecule has 0 aromatic carbocycles. The second-order valence-electron chi connectivity index (χ2n) is 3.53. The predicted octanol–water partition coefficient (Wildman–Crippen LogP) is 2.40. The molecule has 0 spiro atoms. The molecule has 3 nitrogen and oxygen atoms in total. The van der Waals surface area contributed by atoms with Crippen LogP contribution in [-0.2, 0) is 20.6 Å². The SMILES string of the molecule is COCCOCOC1CSc2ccsc2C1. The zero-order valence-electron chi connectivity index (χ0n) is 9.31. The van der Waals surface area contributed by atoms with Gasteiger partial charge in [0.2, 0.25) is 0 Å². The molecule has 0 fully saturated rings. The summed E-state index contributed by atoms with van der Waals surface area (Å²) in [6.07, 6.45) is 1.31. The number of rotatable bonds is 6. The van der Waals surface area contributed by atoms with Crippen molar-refractivity contribution in [1.29, 1.82) is 0 Å². The van der Waals surface area contributed by atoms with E-state index < -0.39 is 0 Å². The van der Waals surface area contributed by atoms with Crippen molar-refractivity contribution in [2.75, 3.05) is 32.9 Å². The van der Waals surface area contributed by atoms with Gasteiger partial charge in [0.25, 0.3) is 0 Å². The van der Waals surface area contributed by atoms with Crippen LogP contribution in [-0.4, -0.2) is 39.0 Å². The van der Waals surface area contributed by atoms with Crippen LogP contribution in [0.25, 0.3) is 0 Å². The summed E-state index contributed by atoms with van der Waals surface area (Å²) in [4.78, 5) is 2.86. The third kappa shape index (κ3) is 3.46. The molecule has 2 heterocycles. The highest BCUT2D eigenvalue weighted by atomic mass is 32.2. The Morgan fingerprint density at radius 2 is 2.38 bits per heavy atom. The van der Waals surface area contributed by atoms with Gasteiger partial charge in [0.15, 0.2) is 0 Å². The molecule has 0 radical (unpaired) electrons. The van der Waals surface area contributed by atoms with Gasteiger partial charge in [-0.2, -0.15) is 0 Å². The molecule has 1 atom stereocenters. The Labute approximate surface area is 104 Å². The first-order valence-corrected chi connectivity index (χ1v) is 7.14. The Kier molecular flexibility index (Phi) is 5.12. The number of hydrogen-bond donors (Lipinski definition) is 0. The number of thiophene rings is 1. The molecule has 5 heteroatoms. The molecule has 2 rings (SSSR count). The fraction of sp³-hybridized carbons (Fsp3) is 0.636. The minimum absolute atomic E-state index is 0.290. The maximum Gasteiger partial charge on any atom is 0.147 e. The summed E-state index contributed by atoms with van der Waals surface area (Å²) in [7, 11) is 1.67. The van der Waals surface area contributed by atoms with Crippen molar-refractivity contribution in [3.05, 3.63) is 16.3 Å². The molecule has 0 bridgehead atoms. The van der Waals surface area contributed by atoms with E-state index in [9.17, 15) is 0 Å². The summed E-state index contributed by atoms with van der Waals surface area (Å²) in [5, 5.41) is 2.15. The van der Waals surface area contributed by atoms with E-state index in [1.165, 1.54) is 9.77 Å². The van der Waals surface area contributed by atoms with Crippen molar-refractivity contribution < 1.29 is 14.2 Å². The average molecular weight is 260 g/mol. The number of methoxy groups -OCH3 is 1. The monoisotopic (exact) mass is 260 g/mol. The van der Waals surface area contributed by atoms with Crippen molar-refractivity contribution in [1.82, 2.24) is 0 Å². The summed E-state index contributed by atoms with van der Waals surface area (Å²) in [5.74, 6) is 1.03.